The fourth-order valence-electron chi connectivity index (χ4n) is 2.12. The largest absolute Gasteiger partial charge is 0.376 e. The van der Waals surface area contributed by atoms with Crippen LogP contribution in [0.5, 0.6) is 0 Å². The van der Waals surface area contributed by atoms with Crippen LogP contribution in [0.15, 0.2) is 0 Å². The van der Waals surface area contributed by atoms with Gasteiger partial charge in [-0.3, -0.25) is 0 Å². The molecular weight excluding hydrogens is 244 g/mol. The topological polar surface area (TPSA) is 89.2 Å². The van der Waals surface area contributed by atoms with Crippen molar-refractivity contribution in [3.8, 4) is 0 Å². The molecule has 106 valence electrons. The minimum atomic E-state index is 0.242. The standard InChI is InChI=1S/C12H22N6O/c1-3-18(4-2)12-16-10(13)15-11(17-12)14-8-9-6-5-7-19-9/h9H,3-8H2,1-2H3,(H3,13,14,15,16,17). The number of nitrogens with one attached hydrogen (secondary N) is 1. The summed E-state index contributed by atoms with van der Waals surface area (Å²) in [6.07, 6.45) is 2.45. The van der Waals surface area contributed by atoms with Gasteiger partial charge in [0.25, 0.3) is 0 Å². The van der Waals surface area contributed by atoms with E-state index in [1.54, 1.807) is 0 Å². The van der Waals surface area contributed by atoms with Gasteiger partial charge < -0.3 is 20.7 Å². The fraction of sp³-hybridized carbons (Fsp3) is 0.750. The van der Waals surface area contributed by atoms with Crippen molar-refractivity contribution in [1.82, 2.24) is 15.0 Å². The van der Waals surface area contributed by atoms with E-state index in [-0.39, 0.29) is 12.1 Å². The second-order valence-corrected chi connectivity index (χ2v) is 4.51. The summed E-state index contributed by atoms with van der Waals surface area (Å²) in [6.45, 7) is 7.35. The molecule has 0 radical (unpaired) electrons. The van der Waals surface area contributed by atoms with E-state index in [1.165, 1.54) is 0 Å². The van der Waals surface area contributed by atoms with Crippen molar-refractivity contribution in [3.05, 3.63) is 0 Å². The highest BCUT2D eigenvalue weighted by Crippen LogP contribution is 2.14. The van der Waals surface area contributed by atoms with Crippen LogP contribution < -0.4 is 16.0 Å². The highest BCUT2D eigenvalue weighted by atomic mass is 16.5. The van der Waals surface area contributed by atoms with Crippen molar-refractivity contribution in [2.45, 2.75) is 32.8 Å². The molecule has 0 aliphatic carbocycles. The van der Waals surface area contributed by atoms with E-state index in [9.17, 15) is 0 Å². The first-order valence-electron chi connectivity index (χ1n) is 6.85. The Kier molecular flexibility index (Phi) is 4.73. The molecular formula is C12H22N6O. The number of aromatic nitrogens is 3. The van der Waals surface area contributed by atoms with Gasteiger partial charge in [-0.05, 0) is 26.7 Å². The second-order valence-electron chi connectivity index (χ2n) is 4.51. The van der Waals surface area contributed by atoms with Gasteiger partial charge in [0.05, 0.1) is 6.10 Å². The molecule has 3 N–H and O–H groups in total. The van der Waals surface area contributed by atoms with Crippen LogP contribution in [0.2, 0.25) is 0 Å². The Morgan fingerprint density at radius 1 is 1.32 bits per heavy atom. The Bertz CT molecular complexity index is 403. The van der Waals surface area contributed by atoms with Gasteiger partial charge in [0, 0.05) is 26.2 Å². The van der Waals surface area contributed by atoms with Crippen molar-refractivity contribution in [1.29, 1.82) is 0 Å². The predicted octanol–water partition coefficient (Wildman–Crippen LogP) is 0.891. The number of anilines is 3. The number of nitrogen functional groups attached to an aromatic ring is 1. The van der Waals surface area contributed by atoms with E-state index < -0.39 is 0 Å². The number of nitrogens with zero attached hydrogens (tertiary/aromatic N) is 4. The third kappa shape index (κ3) is 3.66. The SMILES string of the molecule is CCN(CC)c1nc(N)nc(NCC2CCCO2)n1. The summed E-state index contributed by atoms with van der Waals surface area (Å²) in [5.41, 5.74) is 5.73. The molecule has 1 aliphatic rings. The van der Waals surface area contributed by atoms with Crippen molar-refractivity contribution in [3.63, 3.8) is 0 Å². The lowest BCUT2D eigenvalue weighted by Crippen LogP contribution is -2.26. The molecule has 0 spiro atoms. The van der Waals surface area contributed by atoms with Gasteiger partial charge in [0.1, 0.15) is 0 Å². The zero-order chi connectivity index (χ0) is 13.7. The van der Waals surface area contributed by atoms with Crippen LogP contribution in [-0.4, -0.2) is 47.3 Å². The summed E-state index contributed by atoms with van der Waals surface area (Å²) in [7, 11) is 0. The molecule has 1 fully saturated rings. The summed E-state index contributed by atoms with van der Waals surface area (Å²) >= 11 is 0. The lowest BCUT2D eigenvalue weighted by atomic mass is 10.2. The van der Waals surface area contributed by atoms with Crippen LogP contribution in [0, 0.1) is 0 Å². The smallest absolute Gasteiger partial charge is 0.231 e. The Morgan fingerprint density at radius 2 is 2.11 bits per heavy atom. The molecule has 7 nitrogen and oxygen atoms in total. The van der Waals surface area contributed by atoms with Crippen molar-refractivity contribution >= 4 is 17.8 Å². The maximum atomic E-state index is 5.73. The number of hydrogen-bond acceptors (Lipinski definition) is 7. The van der Waals surface area contributed by atoms with Gasteiger partial charge in [0.15, 0.2) is 0 Å². The molecule has 2 rings (SSSR count). The Hall–Kier alpha value is -1.63. The van der Waals surface area contributed by atoms with E-state index in [0.29, 0.717) is 18.4 Å². The van der Waals surface area contributed by atoms with Crippen molar-refractivity contribution in [2.75, 3.05) is 42.2 Å². The Morgan fingerprint density at radius 3 is 2.74 bits per heavy atom. The van der Waals surface area contributed by atoms with Crippen LogP contribution in [0.25, 0.3) is 0 Å². The highest BCUT2D eigenvalue weighted by Gasteiger charge is 2.16. The molecule has 0 bridgehead atoms. The van der Waals surface area contributed by atoms with Crippen LogP contribution in [0.3, 0.4) is 0 Å². The summed E-state index contributed by atoms with van der Waals surface area (Å²) in [4.78, 5) is 14.7. The van der Waals surface area contributed by atoms with E-state index in [2.05, 4.69) is 34.1 Å². The minimum Gasteiger partial charge on any atom is -0.376 e. The van der Waals surface area contributed by atoms with E-state index >= 15 is 0 Å². The van der Waals surface area contributed by atoms with E-state index in [1.807, 2.05) is 4.90 Å². The third-order valence-electron chi connectivity index (χ3n) is 3.20. The lowest BCUT2D eigenvalue weighted by molar-refractivity contribution is 0.120. The highest BCUT2D eigenvalue weighted by molar-refractivity contribution is 5.41. The van der Waals surface area contributed by atoms with E-state index in [4.69, 9.17) is 10.5 Å². The molecule has 7 heteroatoms. The number of nitrogens with two attached hydrogens (primary N) is 1. The molecule has 19 heavy (non-hydrogen) atoms. The molecule has 2 heterocycles. The average Bonchev–Trinajstić information content (AvgIpc) is 2.90. The first-order chi connectivity index (χ1) is 9.22. The quantitative estimate of drug-likeness (QED) is 0.790. The first-order valence-corrected chi connectivity index (χ1v) is 6.85. The van der Waals surface area contributed by atoms with Gasteiger partial charge >= 0.3 is 0 Å². The van der Waals surface area contributed by atoms with Crippen molar-refractivity contribution in [2.24, 2.45) is 0 Å². The van der Waals surface area contributed by atoms with Crippen LogP contribution in [0.4, 0.5) is 17.8 Å². The molecule has 0 aromatic carbocycles. The number of ether oxygens (including phenoxy) is 1. The van der Waals surface area contributed by atoms with Gasteiger partial charge in [-0.1, -0.05) is 0 Å². The number of rotatable bonds is 6. The molecule has 1 aromatic heterocycles. The maximum Gasteiger partial charge on any atom is 0.231 e. The predicted molar refractivity (Wildman–Crippen MR) is 75.3 cm³/mol. The van der Waals surface area contributed by atoms with Crippen molar-refractivity contribution < 1.29 is 4.74 Å². The van der Waals surface area contributed by atoms with Gasteiger partial charge in [0.2, 0.25) is 17.8 Å². The third-order valence-corrected chi connectivity index (χ3v) is 3.20. The summed E-state index contributed by atoms with van der Waals surface area (Å²) in [5, 5.41) is 3.18. The fourth-order valence-corrected chi connectivity index (χ4v) is 2.12. The average molecular weight is 266 g/mol. The molecule has 1 unspecified atom stereocenters. The molecule has 1 aromatic rings. The normalized spacial score (nSPS) is 18.5. The second kappa shape index (κ2) is 6.51. The molecule has 1 aliphatic heterocycles. The lowest BCUT2D eigenvalue weighted by Gasteiger charge is -2.19. The molecule has 1 atom stereocenters. The van der Waals surface area contributed by atoms with Crippen LogP contribution in [0.1, 0.15) is 26.7 Å². The summed E-state index contributed by atoms with van der Waals surface area (Å²) < 4.78 is 5.55. The zero-order valence-electron chi connectivity index (χ0n) is 11.6. The molecule has 1 saturated heterocycles. The monoisotopic (exact) mass is 266 g/mol. The number of hydrogen-bond donors (Lipinski definition) is 2. The Balaban J connectivity index is 2.03. The van der Waals surface area contributed by atoms with E-state index in [0.717, 1.165) is 32.5 Å². The van der Waals surface area contributed by atoms with Crippen LogP contribution >= 0.6 is 0 Å². The Labute approximate surface area is 113 Å². The summed E-state index contributed by atoms with van der Waals surface area (Å²) in [5.74, 6) is 1.38. The van der Waals surface area contributed by atoms with Gasteiger partial charge in [-0.15, -0.1) is 0 Å². The summed E-state index contributed by atoms with van der Waals surface area (Å²) in [6, 6.07) is 0. The van der Waals surface area contributed by atoms with Crippen LogP contribution in [-0.2, 0) is 4.74 Å². The minimum absolute atomic E-state index is 0.242. The maximum absolute atomic E-state index is 5.73. The van der Waals surface area contributed by atoms with Gasteiger partial charge in [-0.2, -0.15) is 15.0 Å². The molecule has 0 amide bonds. The molecule has 0 saturated carbocycles. The van der Waals surface area contributed by atoms with Gasteiger partial charge in [-0.25, -0.2) is 0 Å². The first kappa shape index (κ1) is 13.8. The zero-order valence-corrected chi connectivity index (χ0v) is 11.6.